The fourth-order valence-corrected chi connectivity index (χ4v) is 3.00. The molecule has 1 N–H and O–H groups in total. The Morgan fingerprint density at radius 2 is 1.96 bits per heavy atom. The number of nitrogens with one attached hydrogen (secondary N) is 1. The molecule has 1 saturated carbocycles. The molecule has 27 heavy (non-hydrogen) atoms. The third-order valence-electron chi connectivity index (χ3n) is 4.55. The van der Waals surface area contributed by atoms with Gasteiger partial charge in [-0.2, -0.15) is 5.26 Å². The van der Waals surface area contributed by atoms with Gasteiger partial charge in [0, 0.05) is 12.6 Å². The molecule has 0 unspecified atom stereocenters. The van der Waals surface area contributed by atoms with E-state index in [-0.39, 0.29) is 12.5 Å². The van der Waals surface area contributed by atoms with Crippen molar-refractivity contribution < 1.29 is 19.1 Å². The fraction of sp³-hybridized carbons (Fsp3) is 0.476. The smallest absolute Gasteiger partial charge is 0.331 e. The highest BCUT2D eigenvalue weighted by Crippen LogP contribution is 2.22. The summed E-state index contributed by atoms with van der Waals surface area (Å²) in [6.45, 7) is 2.21. The standard InChI is InChI=1S/C21H26N2O4/c1-16(21(25)23-15-18-5-3-2-4-6-18)27-20(24)12-9-17-7-10-19(11-8-17)26-14-13-22/h7-12,16,18H,2-6,14-15H2,1H3,(H,23,25)/b12-9+/t16-/m0/s1. The van der Waals surface area contributed by atoms with Gasteiger partial charge in [-0.05, 0) is 49.5 Å². The van der Waals surface area contributed by atoms with Crippen molar-refractivity contribution in [2.24, 2.45) is 5.92 Å². The third-order valence-corrected chi connectivity index (χ3v) is 4.55. The zero-order valence-electron chi connectivity index (χ0n) is 15.6. The lowest BCUT2D eigenvalue weighted by atomic mass is 9.89. The number of hydrogen-bond donors (Lipinski definition) is 1. The Balaban J connectivity index is 1.73. The summed E-state index contributed by atoms with van der Waals surface area (Å²) in [5.41, 5.74) is 0.783. The summed E-state index contributed by atoms with van der Waals surface area (Å²) in [5, 5.41) is 11.3. The first-order chi connectivity index (χ1) is 13.1. The van der Waals surface area contributed by atoms with Crippen LogP contribution in [0.1, 0.15) is 44.6 Å². The van der Waals surface area contributed by atoms with Gasteiger partial charge in [0.1, 0.15) is 11.8 Å². The largest absolute Gasteiger partial charge is 0.479 e. The molecule has 6 heteroatoms. The second-order valence-electron chi connectivity index (χ2n) is 6.68. The van der Waals surface area contributed by atoms with E-state index >= 15 is 0 Å². The van der Waals surface area contributed by atoms with Crippen LogP contribution in [0.5, 0.6) is 5.75 Å². The zero-order chi connectivity index (χ0) is 19.5. The van der Waals surface area contributed by atoms with Crippen molar-refractivity contribution in [2.45, 2.75) is 45.1 Å². The lowest BCUT2D eigenvalue weighted by molar-refractivity contribution is -0.150. The highest BCUT2D eigenvalue weighted by atomic mass is 16.5. The quantitative estimate of drug-likeness (QED) is 0.561. The fourth-order valence-electron chi connectivity index (χ4n) is 3.00. The van der Waals surface area contributed by atoms with E-state index in [1.807, 2.05) is 6.07 Å². The summed E-state index contributed by atoms with van der Waals surface area (Å²) < 4.78 is 10.3. The summed E-state index contributed by atoms with van der Waals surface area (Å²) in [7, 11) is 0. The molecule has 0 heterocycles. The van der Waals surface area contributed by atoms with Crippen molar-refractivity contribution in [3.63, 3.8) is 0 Å². The van der Waals surface area contributed by atoms with E-state index < -0.39 is 12.1 Å². The average Bonchev–Trinajstić information content (AvgIpc) is 2.70. The molecule has 6 nitrogen and oxygen atoms in total. The first-order valence-corrected chi connectivity index (χ1v) is 9.34. The summed E-state index contributed by atoms with van der Waals surface area (Å²) >= 11 is 0. The van der Waals surface area contributed by atoms with Crippen LogP contribution in [-0.2, 0) is 14.3 Å². The van der Waals surface area contributed by atoms with Crippen molar-refractivity contribution in [1.82, 2.24) is 5.32 Å². The van der Waals surface area contributed by atoms with Crippen LogP contribution in [0.3, 0.4) is 0 Å². The van der Waals surface area contributed by atoms with Gasteiger partial charge in [0.2, 0.25) is 0 Å². The maximum absolute atomic E-state index is 12.1. The van der Waals surface area contributed by atoms with Crippen molar-refractivity contribution >= 4 is 18.0 Å². The van der Waals surface area contributed by atoms with Gasteiger partial charge in [-0.3, -0.25) is 4.79 Å². The number of nitriles is 1. The Morgan fingerprint density at radius 1 is 1.26 bits per heavy atom. The number of rotatable bonds is 8. The maximum Gasteiger partial charge on any atom is 0.331 e. The predicted octanol–water partition coefficient (Wildman–Crippen LogP) is 3.23. The molecule has 0 bridgehead atoms. The summed E-state index contributed by atoms with van der Waals surface area (Å²) in [6, 6.07) is 8.84. The van der Waals surface area contributed by atoms with E-state index in [0.29, 0.717) is 18.2 Å². The van der Waals surface area contributed by atoms with E-state index in [1.54, 1.807) is 37.3 Å². The first-order valence-electron chi connectivity index (χ1n) is 9.34. The van der Waals surface area contributed by atoms with Gasteiger partial charge in [0.15, 0.2) is 12.7 Å². The normalized spacial score (nSPS) is 15.7. The lowest BCUT2D eigenvalue weighted by Gasteiger charge is -2.22. The molecule has 1 aromatic carbocycles. The summed E-state index contributed by atoms with van der Waals surface area (Å²) in [5.74, 6) is 0.284. The van der Waals surface area contributed by atoms with Crippen molar-refractivity contribution in [2.75, 3.05) is 13.2 Å². The van der Waals surface area contributed by atoms with Gasteiger partial charge in [0.05, 0.1) is 0 Å². The average molecular weight is 370 g/mol. The van der Waals surface area contributed by atoms with Gasteiger partial charge in [-0.15, -0.1) is 0 Å². The molecule has 1 aromatic rings. The summed E-state index contributed by atoms with van der Waals surface area (Å²) in [4.78, 5) is 24.0. The van der Waals surface area contributed by atoms with Gasteiger partial charge in [-0.25, -0.2) is 4.79 Å². The van der Waals surface area contributed by atoms with Crippen LogP contribution in [0.4, 0.5) is 0 Å². The lowest BCUT2D eigenvalue weighted by Crippen LogP contribution is -2.38. The third kappa shape index (κ3) is 7.53. The van der Waals surface area contributed by atoms with E-state index in [4.69, 9.17) is 14.7 Å². The Bertz CT molecular complexity index is 685. The molecule has 1 fully saturated rings. The highest BCUT2D eigenvalue weighted by molar-refractivity contribution is 5.90. The molecule has 0 saturated heterocycles. The van der Waals surface area contributed by atoms with Crippen molar-refractivity contribution in [3.05, 3.63) is 35.9 Å². The Morgan fingerprint density at radius 3 is 2.63 bits per heavy atom. The van der Waals surface area contributed by atoms with Crippen LogP contribution in [-0.4, -0.2) is 31.1 Å². The topological polar surface area (TPSA) is 88.4 Å². The van der Waals surface area contributed by atoms with Crippen LogP contribution in [0.25, 0.3) is 6.08 Å². The number of esters is 1. The van der Waals surface area contributed by atoms with E-state index in [9.17, 15) is 9.59 Å². The first kappa shape index (κ1) is 20.5. The number of amides is 1. The monoisotopic (exact) mass is 370 g/mol. The van der Waals surface area contributed by atoms with Gasteiger partial charge >= 0.3 is 5.97 Å². The second kappa shape index (κ2) is 11.0. The predicted molar refractivity (Wildman–Crippen MR) is 102 cm³/mol. The van der Waals surface area contributed by atoms with E-state index in [0.717, 1.165) is 18.4 Å². The summed E-state index contributed by atoms with van der Waals surface area (Å²) in [6.07, 6.45) is 8.09. The minimum atomic E-state index is -0.826. The Labute approximate surface area is 160 Å². The molecule has 0 aromatic heterocycles. The minimum Gasteiger partial charge on any atom is -0.479 e. The van der Waals surface area contributed by atoms with Crippen LogP contribution < -0.4 is 10.1 Å². The molecule has 144 valence electrons. The van der Waals surface area contributed by atoms with E-state index in [2.05, 4.69) is 5.32 Å². The molecule has 1 amide bonds. The number of carbonyl (C=O) groups excluding carboxylic acids is 2. The minimum absolute atomic E-state index is 0.0117. The Kier molecular flexibility index (Phi) is 8.37. The van der Waals surface area contributed by atoms with Gasteiger partial charge in [-0.1, -0.05) is 31.4 Å². The zero-order valence-corrected chi connectivity index (χ0v) is 15.6. The number of carbonyl (C=O) groups is 2. The molecular weight excluding hydrogens is 344 g/mol. The number of nitrogens with zero attached hydrogens (tertiary/aromatic N) is 1. The van der Waals surface area contributed by atoms with Crippen LogP contribution in [0, 0.1) is 17.2 Å². The molecule has 0 aliphatic heterocycles. The number of ether oxygens (including phenoxy) is 2. The van der Waals surface area contributed by atoms with Crippen molar-refractivity contribution in [3.8, 4) is 11.8 Å². The number of hydrogen-bond acceptors (Lipinski definition) is 5. The molecule has 0 radical (unpaired) electrons. The molecule has 0 spiro atoms. The maximum atomic E-state index is 12.1. The molecule has 2 rings (SSSR count). The molecule has 1 atom stereocenters. The second-order valence-corrected chi connectivity index (χ2v) is 6.68. The highest BCUT2D eigenvalue weighted by Gasteiger charge is 2.19. The van der Waals surface area contributed by atoms with Gasteiger partial charge in [0.25, 0.3) is 5.91 Å². The molecule has 1 aliphatic carbocycles. The SMILES string of the molecule is C[C@H](OC(=O)/C=C/c1ccc(OCC#N)cc1)C(=O)NCC1CCCCC1. The van der Waals surface area contributed by atoms with E-state index in [1.165, 1.54) is 25.3 Å². The molecule has 1 aliphatic rings. The van der Waals surface area contributed by atoms with Crippen molar-refractivity contribution in [1.29, 1.82) is 5.26 Å². The Hall–Kier alpha value is -2.81. The van der Waals surface area contributed by atoms with Crippen LogP contribution in [0.15, 0.2) is 30.3 Å². The van der Waals surface area contributed by atoms with Crippen LogP contribution >= 0.6 is 0 Å². The van der Waals surface area contributed by atoms with Gasteiger partial charge < -0.3 is 14.8 Å². The van der Waals surface area contributed by atoms with Crippen LogP contribution in [0.2, 0.25) is 0 Å². The number of benzene rings is 1. The molecular formula is C21H26N2O4.